The van der Waals surface area contributed by atoms with Crippen LogP contribution in [0.1, 0.15) is 47.1 Å². The Bertz CT molecular complexity index is 1120. The van der Waals surface area contributed by atoms with Crippen LogP contribution in [0, 0.1) is 19.8 Å². The molecule has 1 saturated heterocycles. The van der Waals surface area contributed by atoms with Crippen molar-refractivity contribution in [3.05, 3.63) is 59.0 Å². The number of likely N-dealkylation sites (tertiary alicyclic amines) is 1. The summed E-state index contributed by atoms with van der Waals surface area (Å²) in [7, 11) is 0. The summed E-state index contributed by atoms with van der Waals surface area (Å²) in [5.41, 5.74) is 2.13. The van der Waals surface area contributed by atoms with Crippen molar-refractivity contribution >= 4 is 22.6 Å². The third kappa shape index (κ3) is 4.47. The Labute approximate surface area is 187 Å². The van der Waals surface area contributed by atoms with Gasteiger partial charge in [-0.1, -0.05) is 29.4 Å². The fourth-order valence-electron chi connectivity index (χ4n) is 4.15. The standard InChI is InChI=1S/C25H28N2O5/c1-4-30-25(29)20-10-7-11-27(14-20)24(28)21-12-18-8-5-6-9-19(18)13-23(21)31-15-22-16(2)26-32-17(22)3/h5-6,8-9,12-13,20H,4,7,10-11,14-15H2,1-3H3. The van der Waals surface area contributed by atoms with Crippen molar-refractivity contribution in [2.75, 3.05) is 19.7 Å². The number of nitrogens with zero attached hydrogens (tertiary/aromatic N) is 2. The van der Waals surface area contributed by atoms with Gasteiger partial charge in [-0.05, 0) is 56.5 Å². The molecule has 1 unspecified atom stereocenters. The first-order chi connectivity index (χ1) is 15.5. The second-order valence-electron chi connectivity index (χ2n) is 8.13. The van der Waals surface area contributed by atoms with Crippen molar-refractivity contribution in [3.63, 3.8) is 0 Å². The van der Waals surface area contributed by atoms with Crippen LogP contribution in [0.2, 0.25) is 0 Å². The Kier molecular flexibility index (Phi) is 6.44. The Balaban J connectivity index is 1.63. The zero-order valence-electron chi connectivity index (χ0n) is 18.7. The van der Waals surface area contributed by atoms with Gasteiger partial charge in [-0.3, -0.25) is 9.59 Å². The number of benzene rings is 2. The first-order valence-corrected chi connectivity index (χ1v) is 11.0. The highest BCUT2D eigenvalue weighted by atomic mass is 16.5. The predicted molar refractivity (Wildman–Crippen MR) is 120 cm³/mol. The van der Waals surface area contributed by atoms with Crippen LogP contribution in [-0.4, -0.2) is 41.6 Å². The van der Waals surface area contributed by atoms with E-state index in [2.05, 4.69) is 5.16 Å². The second kappa shape index (κ2) is 9.42. The molecule has 0 saturated carbocycles. The molecule has 0 aliphatic carbocycles. The van der Waals surface area contributed by atoms with Crippen LogP contribution in [-0.2, 0) is 16.1 Å². The molecule has 1 aliphatic heterocycles. The summed E-state index contributed by atoms with van der Waals surface area (Å²) in [6.07, 6.45) is 1.49. The van der Waals surface area contributed by atoms with Gasteiger partial charge in [0.1, 0.15) is 18.1 Å². The van der Waals surface area contributed by atoms with Crippen molar-refractivity contribution in [2.45, 2.75) is 40.2 Å². The van der Waals surface area contributed by atoms with E-state index in [4.69, 9.17) is 14.0 Å². The molecule has 32 heavy (non-hydrogen) atoms. The average Bonchev–Trinajstić information content (AvgIpc) is 3.13. The highest BCUT2D eigenvalue weighted by Gasteiger charge is 2.31. The number of carbonyl (C=O) groups is 2. The maximum atomic E-state index is 13.5. The van der Waals surface area contributed by atoms with Gasteiger partial charge in [0.25, 0.3) is 5.91 Å². The van der Waals surface area contributed by atoms with Gasteiger partial charge in [0.05, 0.1) is 29.3 Å². The normalized spacial score (nSPS) is 16.2. The van der Waals surface area contributed by atoms with Gasteiger partial charge in [-0.2, -0.15) is 0 Å². The summed E-state index contributed by atoms with van der Waals surface area (Å²) in [5, 5.41) is 5.92. The third-order valence-electron chi connectivity index (χ3n) is 5.96. The van der Waals surface area contributed by atoms with Crippen molar-refractivity contribution in [1.82, 2.24) is 10.1 Å². The Morgan fingerprint density at radius 2 is 1.94 bits per heavy atom. The van der Waals surface area contributed by atoms with E-state index in [1.165, 1.54) is 0 Å². The summed E-state index contributed by atoms with van der Waals surface area (Å²) in [6.45, 7) is 7.05. The number of hydrogen-bond donors (Lipinski definition) is 0. The first kappa shape index (κ1) is 21.9. The summed E-state index contributed by atoms with van der Waals surface area (Å²) in [6, 6.07) is 11.6. The fraction of sp³-hybridized carbons (Fsp3) is 0.400. The lowest BCUT2D eigenvalue weighted by atomic mass is 9.97. The van der Waals surface area contributed by atoms with E-state index >= 15 is 0 Å². The van der Waals surface area contributed by atoms with Gasteiger partial charge >= 0.3 is 5.97 Å². The minimum absolute atomic E-state index is 0.140. The summed E-state index contributed by atoms with van der Waals surface area (Å²) < 4.78 is 16.6. The molecule has 1 amide bonds. The molecule has 1 aromatic heterocycles. The topological polar surface area (TPSA) is 81.9 Å². The quantitative estimate of drug-likeness (QED) is 0.532. The molecule has 2 aromatic carbocycles. The molecule has 7 heteroatoms. The molecule has 3 aromatic rings. The molecular formula is C25H28N2O5. The lowest BCUT2D eigenvalue weighted by Crippen LogP contribution is -2.43. The van der Waals surface area contributed by atoms with Gasteiger partial charge in [0, 0.05) is 13.1 Å². The molecule has 7 nitrogen and oxygen atoms in total. The number of aromatic nitrogens is 1. The average molecular weight is 437 g/mol. The molecule has 0 N–H and O–H groups in total. The monoisotopic (exact) mass is 436 g/mol. The van der Waals surface area contributed by atoms with E-state index in [1.54, 1.807) is 11.8 Å². The van der Waals surface area contributed by atoms with Crippen LogP contribution in [0.15, 0.2) is 40.9 Å². The van der Waals surface area contributed by atoms with Crippen molar-refractivity contribution in [3.8, 4) is 5.75 Å². The number of carbonyl (C=O) groups excluding carboxylic acids is 2. The van der Waals surface area contributed by atoms with Gasteiger partial charge in [0.2, 0.25) is 0 Å². The zero-order chi connectivity index (χ0) is 22.7. The largest absolute Gasteiger partial charge is 0.488 e. The molecule has 1 fully saturated rings. The molecule has 2 heterocycles. The number of amides is 1. The van der Waals surface area contributed by atoms with E-state index < -0.39 is 0 Å². The van der Waals surface area contributed by atoms with Crippen LogP contribution >= 0.6 is 0 Å². The van der Waals surface area contributed by atoms with Crippen LogP contribution < -0.4 is 4.74 Å². The van der Waals surface area contributed by atoms with Crippen LogP contribution in [0.25, 0.3) is 10.8 Å². The predicted octanol–water partition coefficient (Wildman–Crippen LogP) is 4.44. The van der Waals surface area contributed by atoms with Crippen molar-refractivity contribution < 1.29 is 23.6 Å². The Morgan fingerprint density at radius 1 is 1.19 bits per heavy atom. The van der Waals surface area contributed by atoms with Crippen LogP contribution in [0.4, 0.5) is 0 Å². The third-order valence-corrected chi connectivity index (χ3v) is 5.96. The van der Waals surface area contributed by atoms with Crippen LogP contribution in [0.5, 0.6) is 5.75 Å². The Morgan fingerprint density at radius 3 is 2.62 bits per heavy atom. The minimum atomic E-state index is -0.292. The maximum absolute atomic E-state index is 13.5. The van der Waals surface area contributed by atoms with Gasteiger partial charge < -0.3 is 18.9 Å². The summed E-state index contributed by atoms with van der Waals surface area (Å²) in [5.74, 6) is 0.535. The smallest absolute Gasteiger partial charge is 0.310 e. The van der Waals surface area contributed by atoms with Crippen molar-refractivity contribution in [2.24, 2.45) is 5.92 Å². The minimum Gasteiger partial charge on any atom is -0.488 e. The molecular weight excluding hydrogens is 408 g/mol. The zero-order valence-corrected chi connectivity index (χ0v) is 18.7. The van der Waals surface area contributed by atoms with E-state index in [-0.39, 0.29) is 24.4 Å². The number of aryl methyl sites for hydroxylation is 2. The molecule has 1 aliphatic rings. The highest BCUT2D eigenvalue weighted by molar-refractivity contribution is 6.01. The maximum Gasteiger partial charge on any atom is 0.310 e. The molecule has 168 valence electrons. The number of esters is 1. The lowest BCUT2D eigenvalue weighted by molar-refractivity contribution is -0.149. The highest BCUT2D eigenvalue weighted by Crippen LogP contribution is 2.30. The van der Waals surface area contributed by atoms with E-state index in [0.29, 0.717) is 36.8 Å². The van der Waals surface area contributed by atoms with Crippen LogP contribution in [0.3, 0.4) is 0 Å². The number of rotatable bonds is 6. The summed E-state index contributed by atoms with van der Waals surface area (Å²) >= 11 is 0. The first-order valence-electron chi connectivity index (χ1n) is 11.0. The summed E-state index contributed by atoms with van der Waals surface area (Å²) in [4.78, 5) is 27.5. The molecule has 4 rings (SSSR count). The van der Waals surface area contributed by atoms with Gasteiger partial charge in [-0.25, -0.2) is 0 Å². The van der Waals surface area contributed by atoms with Crippen molar-refractivity contribution in [1.29, 1.82) is 0 Å². The molecule has 0 bridgehead atoms. The number of piperidine rings is 1. The molecule has 1 atom stereocenters. The van der Waals surface area contributed by atoms with E-state index in [1.807, 2.05) is 50.2 Å². The van der Waals surface area contributed by atoms with E-state index in [0.717, 1.165) is 34.9 Å². The molecule has 0 radical (unpaired) electrons. The SMILES string of the molecule is CCOC(=O)C1CCCN(C(=O)c2cc3ccccc3cc2OCc2c(C)noc2C)C1. The van der Waals surface area contributed by atoms with Gasteiger partial charge in [-0.15, -0.1) is 0 Å². The number of fused-ring (bicyclic) bond motifs is 1. The van der Waals surface area contributed by atoms with E-state index in [9.17, 15) is 9.59 Å². The Hall–Kier alpha value is -3.35. The lowest BCUT2D eigenvalue weighted by Gasteiger charge is -2.32. The number of ether oxygens (including phenoxy) is 2. The second-order valence-corrected chi connectivity index (χ2v) is 8.13. The van der Waals surface area contributed by atoms with Gasteiger partial charge in [0.15, 0.2) is 0 Å². The molecule has 0 spiro atoms. The fourth-order valence-corrected chi connectivity index (χ4v) is 4.15. The number of hydrogen-bond acceptors (Lipinski definition) is 6.